The van der Waals surface area contributed by atoms with Crippen molar-refractivity contribution >= 4 is 17.6 Å². The molecular weight excluding hydrogens is 274 g/mol. The highest BCUT2D eigenvalue weighted by Gasteiger charge is 2.15. The summed E-state index contributed by atoms with van der Waals surface area (Å²) < 4.78 is 0. The number of allylic oxidation sites excluding steroid dienone is 1. The Morgan fingerprint density at radius 3 is 2.65 bits per heavy atom. The Morgan fingerprint density at radius 2 is 2.10 bits per heavy atom. The molecule has 20 heavy (non-hydrogen) atoms. The van der Waals surface area contributed by atoms with Crippen molar-refractivity contribution in [2.75, 3.05) is 7.05 Å². The van der Waals surface area contributed by atoms with E-state index in [2.05, 4.69) is 13.5 Å². The molecule has 0 heterocycles. The molecule has 0 radical (unpaired) electrons. The molecule has 0 aliphatic carbocycles. The van der Waals surface area contributed by atoms with Crippen LogP contribution < -0.4 is 0 Å². The van der Waals surface area contributed by atoms with Crippen molar-refractivity contribution in [2.24, 2.45) is 0 Å². The van der Waals surface area contributed by atoms with Crippen LogP contribution in [-0.4, -0.2) is 23.0 Å². The van der Waals surface area contributed by atoms with Crippen molar-refractivity contribution < 1.29 is 9.90 Å². The molecule has 1 rings (SSSR count). The van der Waals surface area contributed by atoms with Gasteiger partial charge in [-0.3, -0.25) is 0 Å². The molecule has 0 aliphatic heterocycles. The summed E-state index contributed by atoms with van der Waals surface area (Å²) in [5.74, 6) is -1.01. The van der Waals surface area contributed by atoms with Crippen LogP contribution in [0.15, 0.2) is 42.1 Å². The lowest BCUT2D eigenvalue weighted by atomic mass is 10.0. The Hall–Kier alpha value is -1.74. The predicted molar refractivity (Wildman–Crippen MR) is 82.9 cm³/mol. The first-order valence-corrected chi connectivity index (χ1v) is 6.71. The zero-order chi connectivity index (χ0) is 15.4. The topological polar surface area (TPSA) is 40.5 Å². The van der Waals surface area contributed by atoms with Gasteiger partial charge in [-0.15, -0.1) is 0 Å². The van der Waals surface area contributed by atoms with Gasteiger partial charge >= 0.3 is 5.97 Å². The van der Waals surface area contributed by atoms with Gasteiger partial charge < -0.3 is 10.0 Å². The van der Waals surface area contributed by atoms with Crippen LogP contribution in [-0.2, 0) is 4.79 Å². The molecule has 0 spiro atoms. The fourth-order valence-electron chi connectivity index (χ4n) is 1.99. The van der Waals surface area contributed by atoms with E-state index in [0.29, 0.717) is 5.02 Å². The molecule has 0 fully saturated rings. The summed E-state index contributed by atoms with van der Waals surface area (Å²) in [6.07, 6.45) is 1.57. The zero-order valence-corrected chi connectivity index (χ0v) is 13.0. The highest BCUT2D eigenvalue weighted by atomic mass is 35.5. The van der Waals surface area contributed by atoms with Crippen LogP contribution in [0.25, 0.3) is 0 Å². The molecule has 0 saturated heterocycles. The molecule has 4 heteroatoms. The molecule has 1 aromatic rings. The summed E-state index contributed by atoms with van der Waals surface area (Å²) in [7, 11) is 1.92. The van der Waals surface area contributed by atoms with Gasteiger partial charge in [0, 0.05) is 17.8 Å². The van der Waals surface area contributed by atoms with Crippen molar-refractivity contribution in [3.05, 3.63) is 58.3 Å². The highest BCUT2D eigenvalue weighted by molar-refractivity contribution is 6.30. The fraction of sp³-hybridized carbons (Fsp3) is 0.312. The number of carbonyl (C=O) groups is 1. The minimum absolute atomic E-state index is 0.0735. The van der Waals surface area contributed by atoms with Gasteiger partial charge in [0.15, 0.2) is 0 Å². The number of carboxylic acids is 1. The maximum atomic E-state index is 10.8. The van der Waals surface area contributed by atoms with Crippen LogP contribution in [0.1, 0.15) is 31.0 Å². The minimum Gasteiger partial charge on any atom is -0.478 e. The van der Waals surface area contributed by atoms with E-state index in [1.54, 1.807) is 6.08 Å². The second-order valence-corrected chi connectivity index (χ2v) is 5.34. The van der Waals surface area contributed by atoms with E-state index in [0.717, 1.165) is 16.8 Å². The van der Waals surface area contributed by atoms with Crippen molar-refractivity contribution in [1.29, 1.82) is 0 Å². The number of hydrogen-bond donors (Lipinski definition) is 1. The lowest BCUT2D eigenvalue weighted by Gasteiger charge is -2.29. The number of aliphatic carboxylic acids is 1. The molecule has 0 aliphatic rings. The Morgan fingerprint density at radius 1 is 1.50 bits per heavy atom. The number of benzene rings is 1. The second-order valence-electron chi connectivity index (χ2n) is 4.90. The molecule has 1 atom stereocenters. The Balaban J connectivity index is 3.02. The molecule has 0 bridgehead atoms. The molecular formula is C16H20ClNO2. The van der Waals surface area contributed by atoms with E-state index in [4.69, 9.17) is 16.7 Å². The Kier molecular flexibility index (Phi) is 5.40. The lowest BCUT2D eigenvalue weighted by molar-refractivity contribution is -0.132. The third-order valence-electron chi connectivity index (χ3n) is 3.49. The summed E-state index contributed by atoms with van der Waals surface area (Å²) in [4.78, 5) is 12.8. The quantitative estimate of drug-likeness (QED) is 0.654. The van der Waals surface area contributed by atoms with E-state index >= 15 is 0 Å². The van der Waals surface area contributed by atoms with Gasteiger partial charge in [0.1, 0.15) is 0 Å². The molecule has 3 nitrogen and oxygen atoms in total. The van der Waals surface area contributed by atoms with Crippen LogP contribution in [0, 0.1) is 6.92 Å². The number of rotatable bonds is 5. The molecule has 108 valence electrons. The number of carboxylic acid groups (broad SMARTS) is 1. The van der Waals surface area contributed by atoms with Crippen molar-refractivity contribution in [1.82, 2.24) is 4.90 Å². The van der Waals surface area contributed by atoms with Crippen LogP contribution in [0.5, 0.6) is 0 Å². The normalized spacial score (nSPS) is 12.9. The maximum absolute atomic E-state index is 10.8. The monoisotopic (exact) mass is 293 g/mol. The van der Waals surface area contributed by atoms with Crippen LogP contribution in [0.2, 0.25) is 5.02 Å². The maximum Gasteiger partial charge on any atom is 0.335 e. The highest BCUT2D eigenvalue weighted by Crippen LogP contribution is 2.27. The van der Waals surface area contributed by atoms with Gasteiger partial charge in [-0.1, -0.05) is 24.2 Å². The average molecular weight is 294 g/mol. The summed E-state index contributed by atoms with van der Waals surface area (Å²) in [6.45, 7) is 9.47. The Labute approximate surface area is 125 Å². The number of hydrogen-bond acceptors (Lipinski definition) is 2. The first kappa shape index (κ1) is 16.3. The second kappa shape index (κ2) is 6.62. The van der Waals surface area contributed by atoms with Crippen molar-refractivity contribution in [2.45, 2.75) is 26.8 Å². The Bertz CT molecular complexity index is 564. The van der Waals surface area contributed by atoms with Gasteiger partial charge in [0.25, 0.3) is 0 Å². The SMILES string of the molecule is C=C(/C=C(/C)N(C)C(C)c1cc(Cl)ccc1C)C(=O)O. The lowest BCUT2D eigenvalue weighted by Crippen LogP contribution is -2.21. The molecule has 1 aromatic carbocycles. The molecule has 1 N–H and O–H groups in total. The van der Waals surface area contributed by atoms with E-state index in [-0.39, 0.29) is 11.6 Å². The van der Waals surface area contributed by atoms with Gasteiger partial charge in [-0.2, -0.15) is 0 Å². The number of nitrogens with zero attached hydrogens (tertiary/aromatic N) is 1. The third-order valence-corrected chi connectivity index (χ3v) is 3.72. The first-order valence-electron chi connectivity index (χ1n) is 6.33. The predicted octanol–water partition coefficient (Wildman–Crippen LogP) is 4.19. The zero-order valence-electron chi connectivity index (χ0n) is 12.3. The third kappa shape index (κ3) is 3.87. The van der Waals surface area contributed by atoms with Gasteiger partial charge in [-0.05, 0) is 50.1 Å². The van der Waals surface area contributed by atoms with E-state index in [9.17, 15) is 4.79 Å². The average Bonchev–Trinajstić information content (AvgIpc) is 2.39. The summed E-state index contributed by atoms with van der Waals surface area (Å²) in [6, 6.07) is 5.88. The molecule has 0 saturated carbocycles. The molecule has 1 unspecified atom stereocenters. The van der Waals surface area contributed by atoms with Crippen molar-refractivity contribution in [3.8, 4) is 0 Å². The minimum atomic E-state index is -1.01. The van der Waals surface area contributed by atoms with E-state index in [1.165, 1.54) is 0 Å². The van der Waals surface area contributed by atoms with Crippen molar-refractivity contribution in [3.63, 3.8) is 0 Å². The van der Waals surface area contributed by atoms with Gasteiger partial charge in [0.2, 0.25) is 0 Å². The van der Waals surface area contributed by atoms with E-state index < -0.39 is 5.97 Å². The van der Waals surface area contributed by atoms with Gasteiger partial charge in [-0.25, -0.2) is 4.79 Å². The summed E-state index contributed by atoms with van der Waals surface area (Å²) in [5.41, 5.74) is 3.18. The van der Waals surface area contributed by atoms with Crippen LogP contribution >= 0.6 is 11.6 Å². The fourth-order valence-corrected chi connectivity index (χ4v) is 2.17. The van der Waals surface area contributed by atoms with Crippen LogP contribution in [0.4, 0.5) is 0 Å². The smallest absolute Gasteiger partial charge is 0.335 e. The van der Waals surface area contributed by atoms with Crippen LogP contribution in [0.3, 0.4) is 0 Å². The molecule has 0 aromatic heterocycles. The van der Waals surface area contributed by atoms with Gasteiger partial charge in [0.05, 0.1) is 11.6 Å². The summed E-state index contributed by atoms with van der Waals surface area (Å²) >= 11 is 6.05. The standard InChI is InChI=1S/C16H20ClNO2/c1-10-6-7-14(17)9-15(10)13(4)18(5)12(3)8-11(2)16(19)20/h6-9,13H,2H2,1,3-5H3,(H,19,20)/b12-8-. The van der Waals surface area contributed by atoms with E-state index in [1.807, 2.05) is 44.0 Å². The summed E-state index contributed by atoms with van der Waals surface area (Å²) in [5, 5.41) is 9.57. The largest absolute Gasteiger partial charge is 0.478 e. The number of aryl methyl sites for hydroxylation is 1. The molecule has 0 amide bonds. The first-order chi connectivity index (χ1) is 9.23. The number of halogens is 1.